The molecule has 7 heteroatoms. The first kappa shape index (κ1) is 14.5. The summed E-state index contributed by atoms with van der Waals surface area (Å²) in [6.07, 6.45) is 5.18. The fraction of sp³-hybridized carbons (Fsp3) is 0.615. The number of nitrogen functional groups attached to an aromatic ring is 1. The van der Waals surface area contributed by atoms with Gasteiger partial charge in [-0.3, -0.25) is 10.1 Å². The second-order valence-electron chi connectivity index (χ2n) is 5.04. The maximum Gasteiger partial charge on any atom is 0.311 e. The highest BCUT2D eigenvalue weighted by molar-refractivity contribution is 5.57. The molecule has 1 aliphatic rings. The summed E-state index contributed by atoms with van der Waals surface area (Å²) in [4.78, 5) is 16.6. The molecule has 110 valence electrons. The fourth-order valence-corrected chi connectivity index (χ4v) is 2.42. The van der Waals surface area contributed by atoms with Gasteiger partial charge in [0.1, 0.15) is 5.82 Å². The van der Waals surface area contributed by atoms with Crippen molar-refractivity contribution in [2.24, 2.45) is 0 Å². The van der Waals surface area contributed by atoms with Gasteiger partial charge in [0.15, 0.2) is 0 Å². The molecule has 3 N–H and O–H groups in total. The van der Waals surface area contributed by atoms with E-state index in [0.29, 0.717) is 5.82 Å². The van der Waals surface area contributed by atoms with Crippen LogP contribution < -0.4 is 11.1 Å². The van der Waals surface area contributed by atoms with Gasteiger partial charge in [-0.2, -0.15) is 0 Å². The first-order chi connectivity index (χ1) is 9.66. The molecule has 0 atom stereocenters. The van der Waals surface area contributed by atoms with Crippen LogP contribution in [-0.4, -0.2) is 41.0 Å². The topological polar surface area (TPSA) is 97.3 Å². The number of hydrogen-bond acceptors (Lipinski definition) is 6. The quantitative estimate of drug-likeness (QED) is 0.630. The van der Waals surface area contributed by atoms with Crippen LogP contribution in [-0.2, 0) is 0 Å². The van der Waals surface area contributed by atoms with E-state index in [1.165, 1.54) is 31.7 Å². The summed E-state index contributed by atoms with van der Waals surface area (Å²) < 4.78 is 0. The minimum Gasteiger partial charge on any atom is -0.378 e. The largest absolute Gasteiger partial charge is 0.378 e. The normalized spacial score (nSPS) is 16.6. The summed E-state index contributed by atoms with van der Waals surface area (Å²) in [7, 11) is 0. The highest BCUT2D eigenvalue weighted by Gasteiger charge is 2.13. The first-order valence-electron chi connectivity index (χ1n) is 7.04. The number of likely N-dealkylation sites (tertiary alicyclic amines) is 1. The van der Waals surface area contributed by atoms with E-state index in [1.807, 2.05) is 0 Å². The molecule has 0 radical (unpaired) electrons. The summed E-state index contributed by atoms with van der Waals surface area (Å²) in [6, 6.07) is 2.98. The molecule has 0 unspecified atom stereocenters. The Morgan fingerprint density at radius 1 is 1.30 bits per heavy atom. The van der Waals surface area contributed by atoms with E-state index >= 15 is 0 Å². The minimum atomic E-state index is -0.524. The summed E-state index contributed by atoms with van der Waals surface area (Å²) >= 11 is 0. The van der Waals surface area contributed by atoms with Gasteiger partial charge >= 0.3 is 5.69 Å². The molecule has 7 nitrogen and oxygen atoms in total. The first-order valence-corrected chi connectivity index (χ1v) is 7.04. The van der Waals surface area contributed by atoms with Crippen molar-refractivity contribution in [1.82, 2.24) is 9.88 Å². The molecule has 0 bridgehead atoms. The van der Waals surface area contributed by atoms with Crippen molar-refractivity contribution < 1.29 is 4.92 Å². The van der Waals surface area contributed by atoms with Crippen LogP contribution in [0.3, 0.4) is 0 Å². The number of nitrogens with zero attached hydrogens (tertiary/aromatic N) is 3. The second kappa shape index (κ2) is 7.04. The predicted molar refractivity (Wildman–Crippen MR) is 78.7 cm³/mol. The number of hydrogen-bond donors (Lipinski definition) is 2. The molecule has 1 fully saturated rings. The Labute approximate surface area is 118 Å². The lowest BCUT2D eigenvalue weighted by atomic mass is 10.2. The van der Waals surface area contributed by atoms with Crippen LogP contribution in [0.2, 0.25) is 0 Å². The molecule has 0 spiro atoms. The zero-order chi connectivity index (χ0) is 14.4. The molecule has 1 aromatic rings. The van der Waals surface area contributed by atoms with E-state index in [9.17, 15) is 10.1 Å². The Bertz CT molecular complexity index is 458. The van der Waals surface area contributed by atoms with Gasteiger partial charge in [0.2, 0.25) is 5.82 Å². The monoisotopic (exact) mass is 279 g/mol. The van der Waals surface area contributed by atoms with Gasteiger partial charge in [0, 0.05) is 19.2 Å². The molecule has 0 saturated carbocycles. The van der Waals surface area contributed by atoms with Crippen LogP contribution >= 0.6 is 0 Å². The van der Waals surface area contributed by atoms with Crippen molar-refractivity contribution in [2.45, 2.75) is 25.7 Å². The molecule has 0 aromatic carbocycles. The van der Waals surface area contributed by atoms with Crippen molar-refractivity contribution in [2.75, 3.05) is 37.2 Å². The predicted octanol–water partition coefficient (Wildman–Crippen LogP) is 1.86. The summed E-state index contributed by atoms with van der Waals surface area (Å²) in [5, 5.41) is 13.8. The number of nitrogens with two attached hydrogens (primary N) is 1. The van der Waals surface area contributed by atoms with Crippen molar-refractivity contribution in [3.8, 4) is 0 Å². The Morgan fingerprint density at radius 2 is 2.00 bits per heavy atom. The average Bonchev–Trinajstić information content (AvgIpc) is 2.67. The minimum absolute atomic E-state index is 0.0465. The van der Waals surface area contributed by atoms with E-state index in [0.717, 1.165) is 26.2 Å². The van der Waals surface area contributed by atoms with Gasteiger partial charge in [0.05, 0.1) is 4.92 Å². The number of rotatable bonds is 5. The Kier molecular flexibility index (Phi) is 5.11. The van der Waals surface area contributed by atoms with Crippen LogP contribution in [0, 0.1) is 10.1 Å². The fourth-order valence-electron chi connectivity index (χ4n) is 2.42. The summed E-state index contributed by atoms with van der Waals surface area (Å²) in [6.45, 7) is 4.03. The Morgan fingerprint density at radius 3 is 2.60 bits per heavy atom. The lowest BCUT2D eigenvalue weighted by Gasteiger charge is -2.19. The van der Waals surface area contributed by atoms with Gasteiger partial charge in [-0.15, -0.1) is 0 Å². The zero-order valence-corrected chi connectivity index (χ0v) is 11.5. The molecule has 1 saturated heterocycles. The average molecular weight is 279 g/mol. The molecule has 20 heavy (non-hydrogen) atoms. The van der Waals surface area contributed by atoms with Gasteiger partial charge in [-0.25, -0.2) is 4.98 Å². The molecular weight excluding hydrogens is 258 g/mol. The van der Waals surface area contributed by atoms with Crippen LogP contribution in [0.15, 0.2) is 12.1 Å². The Balaban J connectivity index is 1.81. The van der Waals surface area contributed by atoms with E-state index in [1.54, 1.807) is 6.07 Å². The highest BCUT2D eigenvalue weighted by Crippen LogP contribution is 2.20. The second-order valence-corrected chi connectivity index (χ2v) is 5.04. The molecule has 1 aromatic heterocycles. The van der Waals surface area contributed by atoms with Crippen LogP contribution in [0.4, 0.5) is 17.3 Å². The third-order valence-corrected chi connectivity index (χ3v) is 3.53. The smallest absolute Gasteiger partial charge is 0.311 e. The molecular formula is C13H21N5O2. The van der Waals surface area contributed by atoms with E-state index in [-0.39, 0.29) is 11.5 Å². The SMILES string of the molecule is Nc1nc(NCCN2CCCCCC2)ccc1[N+](=O)[O-]. The molecule has 2 rings (SSSR count). The van der Waals surface area contributed by atoms with E-state index in [4.69, 9.17) is 5.73 Å². The van der Waals surface area contributed by atoms with Gasteiger partial charge in [-0.1, -0.05) is 12.8 Å². The zero-order valence-electron chi connectivity index (χ0n) is 11.5. The number of nitro groups is 1. The molecule has 2 heterocycles. The van der Waals surface area contributed by atoms with Crippen LogP contribution in [0.5, 0.6) is 0 Å². The van der Waals surface area contributed by atoms with E-state index in [2.05, 4.69) is 15.2 Å². The Hall–Kier alpha value is -1.89. The standard InChI is InChI=1S/C13H21N5O2/c14-13-11(18(19)20)5-6-12(16-13)15-7-10-17-8-3-1-2-4-9-17/h5-6H,1-4,7-10H2,(H3,14,15,16). The lowest BCUT2D eigenvalue weighted by Crippen LogP contribution is -2.30. The number of pyridine rings is 1. The number of anilines is 2. The third-order valence-electron chi connectivity index (χ3n) is 3.53. The number of nitrogens with one attached hydrogen (secondary N) is 1. The number of aromatic nitrogens is 1. The third kappa shape index (κ3) is 4.06. The van der Waals surface area contributed by atoms with Crippen molar-refractivity contribution in [1.29, 1.82) is 0 Å². The van der Waals surface area contributed by atoms with Crippen molar-refractivity contribution in [3.63, 3.8) is 0 Å². The van der Waals surface area contributed by atoms with Crippen molar-refractivity contribution in [3.05, 3.63) is 22.2 Å². The maximum absolute atomic E-state index is 10.6. The van der Waals surface area contributed by atoms with Gasteiger partial charge in [0.25, 0.3) is 0 Å². The lowest BCUT2D eigenvalue weighted by molar-refractivity contribution is -0.384. The van der Waals surface area contributed by atoms with Crippen LogP contribution in [0.1, 0.15) is 25.7 Å². The van der Waals surface area contributed by atoms with Crippen LogP contribution in [0.25, 0.3) is 0 Å². The van der Waals surface area contributed by atoms with Gasteiger partial charge < -0.3 is 16.0 Å². The van der Waals surface area contributed by atoms with Gasteiger partial charge in [-0.05, 0) is 32.0 Å². The highest BCUT2D eigenvalue weighted by atomic mass is 16.6. The summed E-state index contributed by atoms with van der Waals surface area (Å²) in [5.41, 5.74) is 5.40. The maximum atomic E-state index is 10.6. The molecule has 0 aliphatic carbocycles. The van der Waals surface area contributed by atoms with E-state index < -0.39 is 4.92 Å². The molecule has 1 aliphatic heterocycles. The molecule has 0 amide bonds. The summed E-state index contributed by atoms with van der Waals surface area (Å²) in [5.74, 6) is 0.540. The van der Waals surface area contributed by atoms with Crippen molar-refractivity contribution >= 4 is 17.3 Å².